The first kappa shape index (κ1) is 26.8. The molecular formula is C29H26N4O6S. The van der Waals surface area contributed by atoms with Gasteiger partial charge in [0.25, 0.3) is 11.2 Å². The summed E-state index contributed by atoms with van der Waals surface area (Å²) in [4.78, 5) is 44.6. The van der Waals surface area contributed by atoms with E-state index in [1.807, 2.05) is 43.3 Å². The number of hydrogen-bond donors (Lipinski definition) is 0. The third kappa shape index (κ3) is 4.98. The van der Waals surface area contributed by atoms with Gasteiger partial charge in [-0.3, -0.25) is 19.5 Å². The molecule has 1 aliphatic heterocycles. The van der Waals surface area contributed by atoms with Crippen LogP contribution in [0.5, 0.6) is 0 Å². The topological polar surface area (TPSA) is 120 Å². The van der Waals surface area contributed by atoms with Crippen LogP contribution in [0.4, 0.5) is 11.4 Å². The largest absolute Gasteiger partial charge is 0.463 e. The van der Waals surface area contributed by atoms with Gasteiger partial charge in [0.15, 0.2) is 4.80 Å². The number of nitro groups is 1. The van der Waals surface area contributed by atoms with Crippen molar-refractivity contribution in [2.75, 3.05) is 25.6 Å². The number of benzene rings is 2. The molecule has 0 amide bonds. The summed E-state index contributed by atoms with van der Waals surface area (Å²) in [7, 11) is 3.87. The number of esters is 1. The summed E-state index contributed by atoms with van der Waals surface area (Å²) in [5.41, 5.74) is 2.70. The zero-order valence-electron chi connectivity index (χ0n) is 22.3. The van der Waals surface area contributed by atoms with Crippen molar-refractivity contribution >= 4 is 34.8 Å². The summed E-state index contributed by atoms with van der Waals surface area (Å²) >= 11 is 1.19. The molecule has 0 aliphatic carbocycles. The number of carbonyl (C=O) groups is 1. The van der Waals surface area contributed by atoms with Crippen LogP contribution in [0.2, 0.25) is 0 Å². The number of allylic oxidation sites excluding steroid dienone is 1. The molecule has 1 aliphatic rings. The molecule has 0 radical (unpaired) electrons. The Morgan fingerprint density at radius 3 is 2.62 bits per heavy atom. The minimum atomic E-state index is -0.717. The first-order chi connectivity index (χ1) is 19.2. The lowest BCUT2D eigenvalue weighted by molar-refractivity contribution is -0.384. The Bertz CT molecular complexity index is 1830. The predicted octanol–water partition coefficient (Wildman–Crippen LogP) is 4.03. The van der Waals surface area contributed by atoms with E-state index in [0.717, 1.165) is 11.3 Å². The van der Waals surface area contributed by atoms with Crippen LogP contribution in [-0.4, -0.2) is 36.2 Å². The summed E-state index contributed by atoms with van der Waals surface area (Å²) in [5, 5.41) is 11.2. The monoisotopic (exact) mass is 558 g/mol. The van der Waals surface area contributed by atoms with Crippen LogP contribution in [0.25, 0.3) is 17.4 Å². The number of non-ortho nitro benzene ring substituents is 1. The number of anilines is 1. The average molecular weight is 559 g/mol. The van der Waals surface area contributed by atoms with Crippen molar-refractivity contribution in [1.82, 2.24) is 4.57 Å². The maximum Gasteiger partial charge on any atom is 0.338 e. The molecule has 0 saturated carbocycles. The lowest BCUT2D eigenvalue weighted by Crippen LogP contribution is -2.39. The Morgan fingerprint density at radius 1 is 1.20 bits per heavy atom. The summed E-state index contributed by atoms with van der Waals surface area (Å²) < 4.78 is 13.2. The molecule has 0 N–H and O–H groups in total. The summed E-state index contributed by atoms with van der Waals surface area (Å²) in [6.07, 6.45) is 1.61. The smallest absolute Gasteiger partial charge is 0.338 e. The zero-order valence-corrected chi connectivity index (χ0v) is 23.1. The van der Waals surface area contributed by atoms with Crippen LogP contribution < -0.4 is 19.8 Å². The van der Waals surface area contributed by atoms with Gasteiger partial charge in [-0.2, -0.15) is 0 Å². The molecule has 5 rings (SSSR count). The van der Waals surface area contributed by atoms with Crippen LogP contribution in [0.3, 0.4) is 0 Å². The van der Waals surface area contributed by atoms with Crippen LogP contribution in [0, 0.1) is 10.1 Å². The van der Waals surface area contributed by atoms with Crippen molar-refractivity contribution in [2.24, 2.45) is 4.99 Å². The minimum absolute atomic E-state index is 0.0462. The molecule has 2 aromatic carbocycles. The molecular weight excluding hydrogens is 532 g/mol. The molecule has 3 heterocycles. The number of ether oxygens (including phenoxy) is 1. The highest BCUT2D eigenvalue weighted by Gasteiger charge is 2.33. The maximum atomic E-state index is 13.8. The van der Waals surface area contributed by atoms with E-state index in [1.165, 1.54) is 28.0 Å². The van der Waals surface area contributed by atoms with Crippen molar-refractivity contribution in [3.05, 3.63) is 113 Å². The zero-order chi connectivity index (χ0) is 28.6. The number of rotatable bonds is 7. The molecule has 0 fully saturated rings. The molecule has 0 saturated heterocycles. The van der Waals surface area contributed by atoms with Gasteiger partial charge in [-0.05, 0) is 43.7 Å². The van der Waals surface area contributed by atoms with Crippen LogP contribution in [-0.2, 0) is 9.53 Å². The molecule has 0 unspecified atom stereocenters. The summed E-state index contributed by atoms with van der Waals surface area (Å²) in [6, 6.07) is 16.5. The first-order valence-corrected chi connectivity index (χ1v) is 13.3. The van der Waals surface area contributed by atoms with Gasteiger partial charge < -0.3 is 14.1 Å². The van der Waals surface area contributed by atoms with Gasteiger partial charge in [-0.1, -0.05) is 35.6 Å². The lowest BCUT2D eigenvalue weighted by atomic mass is 9.95. The number of furan rings is 1. The fourth-order valence-corrected chi connectivity index (χ4v) is 5.58. The Hall–Kier alpha value is -4.77. The van der Waals surface area contributed by atoms with Gasteiger partial charge in [0.1, 0.15) is 11.5 Å². The van der Waals surface area contributed by atoms with E-state index in [4.69, 9.17) is 9.15 Å². The minimum Gasteiger partial charge on any atom is -0.463 e. The van der Waals surface area contributed by atoms with E-state index in [-0.39, 0.29) is 17.9 Å². The van der Waals surface area contributed by atoms with E-state index < -0.39 is 16.9 Å². The number of carbonyl (C=O) groups excluding carboxylic acids is 1. The van der Waals surface area contributed by atoms with Gasteiger partial charge >= 0.3 is 5.97 Å². The van der Waals surface area contributed by atoms with E-state index in [0.29, 0.717) is 37.7 Å². The van der Waals surface area contributed by atoms with Crippen molar-refractivity contribution in [3.63, 3.8) is 0 Å². The normalized spacial score (nSPS) is 15.0. The second kappa shape index (κ2) is 10.8. The quantitative estimate of drug-likeness (QED) is 0.191. The van der Waals surface area contributed by atoms with E-state index in [2.05, 4.69) is 4.99 Å². The molecule has 1 atom stereocenters. The number of nitrogens with zero attached hydrogens (tertiary/aromatic N) is 4. The number of hydrogen-bond acceptors (Lipinski definition) is 9. The second-order valence-corrected chi connectivity index (χ2v) is 10.3. The van der Waals surface area contributed by atoms with E-state index in [1.54, 1.807) is 44.2 Å². The van der Waals surface area contributed by atoms with E-state index in [9.17, 15) is 19.7 Å². The van der Waals surface area contributed by atoms with Crippen LogP contribution in [0.1, 0.15) is 31.2 Å². The number of thiazole rings is 1. The van der Waals surface area contributed by atoms with Crippen molar-refractivity contribution < 1.29 is 18.9 Å². The first-order valence-electron chi connectivity index (χ1n) is 12.5. The molecule has 0 bridgehead atoms. The molecule has 2 aromatic heterocycles. The third-order valence-corrected chi connectivity index (χ3v) is 7.47. The average Bonchev–Trinajstić information content (AvgIpc) is 3.52. The van der Waals surface area contributed by atoms with Crippen molar-refractivity contribution in [1.29, 1.82) is 0 Å². The molecule has 204 valence electrons. The fraction of sp³-hybridized carbons (Fsp3) is 0.207. The van der Waals surface area contributed by atoms with Gasteiger partial charge in [0.2, 0.25) is 0 Å². The SMILES string of the molecule is CCOC(=O)C1=C(C)N=c2s/c(=C/c3ccc(-c4cccc([N+](=O)[O-])c4)o3)c(=O)n2[C@H]1c1ccc(N(C)C)cc1. The van der Waals surface area contributed by atoms with Crippen molar-refractivity contribution in [3.8, 4) is 11.3 Å². The maximum absolute atomic E-state index is 13.8. The van der Waals surface area contributed by atoms with Gasteiger partial charge in [-0.25, -0.2) is 9.79 Å². The predicted molar refractivity (Wildman–Crippen MR) is 152 cm³/mol. The summed E-state index contributed by atoms with van der Waals surface area (Å²) in [6.45, 7) is 3.66. The fourth-order valence-electron chi connectivity index (χ4n) is 4.55. The van der Waals surface area contributed by atoms with E-state index >= 15 is 0 Å². The van der Waals surface area contributed by atoms with Gasteiger partial charge in [0.05, 0.1) is 33.4 Å². The van der Waals surface area contributed by atoms with Crippen LogP contribution >= 0.6 is 11.3 Å². The molecule has 4 aromatic rings. The van der Waals surface area contributed by atoms with Gasteiger partial charge in [-0.15, -0.1) is 0 Å². The third-order valence-electron chi connectivity index (χ3n) is 6.48. The second-order valence-electron chi connectivity index (χ2n) is 9.30. The molecule has 10 nitrogen and oxygen atoms in total. The van der Waals surface area contributed by atoms with Crippen LogP contribution in [0.15, 0.2) is 86.1 Å². The molecule has 40 heavy (non-hydrogen) atoms. The molecule has 0 spiro atoms. The standard InChI is InChI=1S/C29H26N4O6S/c1-5-38-28(35)25-17(2)30-29-32(26(25)18-9-11-20(12-10-18)31(3)4)27(34)24(40-29)16-22-13-14-23(39-22)19-7-6-8-21(15-19)33(36)37/h6-16,26H,5H2,1-4H3/b24-16+/t26-/m0/s1. The number of fused-ring (bicyclic) bond motifs is 1. The van der Waals surface area contributed by atoms with Gasteiger partial charge in [0, 0.05) is 43.6 Å². The highest BCUT2D eigenvalue weighted by Crippen LogP contribution is 2.32. The number of aromatic nitrogens is 1. The molecule has 11 heteroatoms. The lowest BCUT2D eigenvalue weighted by Gasteiger charge is -2.25. The Morgan fingerprint density at radius 2 is 1.95 bits per heavy atom. The van der Waals surface area contributed by atoms with Crippen molar-refractivity contribution in [2.45, 2.75) is 19.9 Å². The Balaban J connectivity index is 1.61. The Kier molecular flexibility index (Phi) is 7.22. The highest BCUT2D eigenvalue weighted by molar-refractivity contribution is 7.07. The Labute approximate surface area is 232 Å². The highest BCUT2D eigenvalue weighted by atomic mass is 32.1. The number of nitro benzene ring substituents is 1. The summed E-state index contributed by atoms with van der Waals surface area (Å²) in [5.74, 6) is 0.314.